The van der Waals surface area contributed by atoms with E-state index in [0.29, 0.717) is 38.4 Å². The van der Waals surface area contributed by atoms with Crippen LogP contribution in [-0.2, 0) is 16.6 Å². The summed E-state index contributed by atoms with van der Waals surface area (Å²) in [6.45, 7) is 2.86. The molecule has 0 spiro atoms. The molecule has 45 heavy (non-hydrogen) atoms. The van der Waals surface area contributed by atoms with Gasteiger partial charge in [0.2, 0.25) is 10.0 Å². The highest BCUT2D eigenvalue weighted by atomic mass is 35.5. The van der Waals surface area contributed by atoms with Crippen molar-refractivity contribution >= 4 is 60.0 Å². The largest absolute Gasteiger partial charge is 0.491 e. The number of sulfonamides is 1. The molecule has 0 atom stereocenters. The van der Waals surface area contributed by atoms with Gasteiger partial charge in [-0.05, 0) is 44.2 Å². The molecule has 2 aromatic carbocycles. The zero-order chi connectivity index (χ0) is 32.8. The fraction of sp³-hybridized carbons (Fsp3) is 0.207. The molecule has 10 nitrogen and oxygen atoms in total. The number of benzene rings is 2. The SMILES string of the molecule is Cc1cc(-c2cc(Cl)ccc2OCCn2c(C)nc3c(F)cc(C(F)F)c(C#N)c3c2=O)c2scc(C(=O)NS(C)(=O)=O)c2n1. The van der Waals surface area contributed by atoms with Gasteiger partial charge in [0.05, 0.1) is 39.5 Å². The van der Waals surface area contributed by atoms with E-state index >= 15 is 0 Å². The number of rotatable bonds is 8. The third-order valence-corrected chi connectivity index (χ3v) is 8.53. The minimum Gasteiger partial charge on any atom is -0.491 e. The maximum Gasteiger partial charge on any atom is 0.267 e. The summed E-state index contributed by atoms with van der Waals surface area (Å²) in [6, 6.07) is 8.64. The standard InChI is InChI=1S/C29H21ClF3N5O5S2/c1-13-8-17(26-24(35-13)20(12-44-26)28(39)37-45(3,41)42)16-9-15(30)4-5-22(16)43-7-6-38-14(2)36-25-21(31)10-18(27(32)33)19(11-34)23(25)29(38)40/h4-5,8-10,12,27H,6-7H2,1-3H3,(H,37,39). The van der Waals surface area contributed by atoms with Crippen molar-refractivity contribution in [2.75, 3.05) is 12.9 Å². The van der Waals surface area contributed by atoms with Crippen molar-refractivity contribution < 1.29 is 31.1 Å². The third-order valence-electron chi connectivity index (χ3n) is 6.73. The Morgan fingerprint density at radius 1 is 1.18 bits per heavy atom. The number of thiophene rings is 1. The highest BCUT2D eigenvalue weighted by Gasteiger charge is 2.24. The van der Waals surface area contributed by atoms with Gasteiger partial charge in [0.15, 0.2) is 0 Å². The maximum absolute atomic E-state index is 14.6. The van der Waals surface area contributed by atoms with Crippen LogP contribution in [0.4, 0.5) is 13.2 Å². The monoisotopic (exact) mass is 675 g/mol. The van der Waals surface area contributed by atoms with E-state index in [1.165, 1.54) is 23.6 Å². The molecule has 232 valence electrons. The molecule has 0 aliphatic heterocycles. The third kappa shape index (κ3) is 6.21. The van der Waals surface area contributed by atoms with Gasteiger partial charge in [0.25, 0.3) is 17.9 Å². The van der Waals surface area contributed by atoms with Crippen LogP contribution in [0.3, 0.4) is 0 Å². The van der Waals surface area contributed by atoms with E-state index in [9.17, 15) is 36.4 Å². The number of nitriles is 1. The van der Waals surface area contributed by atoms with Crippen LogP contribution in [0.2, 0.25) is 5.02 Å². The van der Waals surface area contributed by atoms with Gasteiger partial charge in [0.1, 0.15) is 35.6 Å². The van der Waals surface area contributed by atoms with Crippen LogP contribution >= 0.6 is 22.9 Å². The molecule has 16 heteroatoms. The van der Waals surface area contributed by atoms with Crippen LogP contribution in [0, 0.1) is 31.0 Å². The van der Waals surface area contributed by atoms with Crippen LogP contribution in [0.15, 0.2) is 40.5 Å². The van der Waals surface area contributed by atoms with E-state index in [-0.39, 0.29) is 30.1 Å². The van der Waals surface area contributed by atoms with Gasteiger partial charge in [-0.15, -0.1) is 11.3 Å². The molecule has 3 heterocycles. The number of halogens is 4. The summed E-state index contributed by atoms with van der Waals surface area (Å²) in [5, 5.41) is 10.8. The quantitative estimate of drug-likeness (QED) is 0.222. The fourth-order valence-corrected chi connectivity index (χ4v) is 6.48. The molecule has 5 rings (SSSR count). The topological polar surface area (TPSA) is 144 Å². The summed E-state index contributed by atoms with van der Waals surface area (Å²) in [5.41, 5.74) is -0.947. The number of hydrogen-bond donors (Lipinski definition) is 1. The normalized spacial score (nSPS) is 11.7. The first-order valence-electron chi connectivity index (χ1n) is 13.0. The first-order chi connectivity index (χ1) is 21.2. The summed E-state index contributed by atoms with van der Waals surface area (Å²) in [6.07, 6.45) is -2.32. The van der Waals surface area contributed by atoms with Crippen molar-refractivity contribution in [1.82, 2.24) is 19.3 Å². The highest BCUT2D eigenvalue weighted by molar-refractivity contribution is 7.89. The van der Waals surface area contributed by atoms with E-state index in [0.717, 1.165) is 10.8 Å². The van der Waals surface area contributed by atoms with Crippen molar-refractivity contribution in [2.24, 2.45) is 0 Å². The summed E-state index contributed by atoms with van der Waals surface area (Å²) < 4.78 is 74.6. The molecule has 3 aromatic heterocycles. The minimum absolute atomic E-state index is 0.0664. The van der Waals surface area contributed by atoms with Gasteiger partial charge in [0, 0.05) is 32.8 Å². The van der Waals surface area contributed by atoms with Crippen molar-refractivity contribution in [3.8, 4) is 22.9 Å². The lowest BCUT2D eigenvalue weighted by molar-refractivity contribution is 0.0983. The van der Waals surface area contributed by atoms with Crippen molar-refractivity contribution in [3.63, 3.8) is 0 Å². The number of carbonyl (C=O) groups excluding carboxylic acids is 1. The predicted octanol–water partition coefficient (Wildman–Crippen LogP) is 5.66. The Hall–Kier alpha value is -4.52. The van der Waals surface area contributed by atoms with Gasteiger partial charge in [-0.3, -0.25) is 19.1 Å². The van der Waals surface area contributed by atoms with E-state index in [2.05, 4.69) is 9.97 Å². The molecule has 0 aliphatic carbocycles. The number of fused-ring (bicyclic) bond motifs is 2. The zero-order valence-electron chi connectivity index (χ0n) is 23.6. The number of hydrogen-bond acceptors (Lipinski definition) is 9. The van der Waals surface area contributed by atoms with Crippen molar-refractivity contribution in [2.45, 2.75) is 26.8 Å². The first kappa shape index (κ1) is 31.9. The lowest BCUT2D eigenvalue weighted by Gasteiger charge is -2.16. The number of nitrogens with one attached hydrogen (secondary N) is 1. The van der Waals surface area contributed by atoms with E-state index < -0.39 is 55.8 Å². The molecule has 0 fully saturated rings. The van der Waals surface area contributed by atoms with Crippen LogP contribution in [0.5, 0.6) is 5.75 Å². The summed E-state index contributed by atoms with van der Waals surface area (Å²) in [4.78, 5) is 34.6. The fourth-order valence-electron chi connectivity index (χ4n) is 4.84. The number of pyridine rings is 1. The minimum atomic E-state index is -3.82. The van der Waals surface area contributed by atoms with Gasteiger partial charge in [-0.25, -0.2) is 31.3 Å². The Bertz CT molecular complexity index is 2250. The van der Waals surface area contributed by atoms with Gasteiger partial charge < -0.3 is 4.74 Å². The average Bonchev–Trinajstić information content (AvgIpc) is 3.38. The van der Waals surface area contributed by atoms with E-state index in [1.54, 1.807) is 37.3 Å². The first-order valence-corrected chi connectivity index (χ1v) is 16.1. The number of nitrogens with zero attached hydrogens (tertiary/aromatic N) is 4. The Morgan fingerprint density at radius 2 is 1.91 bits per heavy atom. The number of carbonyl (C=O) groups is 1. The molecule has 0 saturated carbocycles. The van der Waals surface area contributed by atoms with Crippen LogP contribution < -0.4 is 15.0 Å². The smallest absolute Gasteiger partial charge is 0.267 e. The summed E-state index contributed by atoms with van der Waals surface area (Å²) in [5.74, 6) is -1.58. The number of aryl methyl sites for hydroxylation is 2. The van der Waals surface area contributed by atoms with Crippen LogP contribution in [0.25, 0.3) is 32.2 Å². The van der Waals surface area contributed by atoms with Crippen molar-refractivity contribution in [1.29, 1.82) is 5.26 Å². The number of ether oxygens (including phenoxy) is 1. The molecule has 0 bridgehead atoms. The second-order valence-electron chi connectivity index (χ2n) is 9.91. The van der Waals surface area contributed by atoms with Crippen LogP contribution in [0.1, 0.15) is 39.4 Å². The Morgan fingerprint density at radius 3 is 2.58 bits per heavy atom. The molecule has 0 saturated heterocycles. The molecule has 0 radical (unpaired) electrons. The van der Waals surface area contributed by atoms with Crippen LogP contribution in [-0.4, -0.2) is 41.7 Å². The van der Waals surface area contributed by atoms with E-state index in [1.807, 2.05) is 4.72 Å². The lowest BCUT2D eigenvalue weighted by atomic mass is 10.0. The van der Waals surface area contributed by atoms with Crippen molar-refractivity contribution in [3.05, 3.63) is 85.1 Å². The average molecular weight is 676 g/mol. The number of alkyl halides is 2. The molecular formula is C29H21ClF3N5O5S2. The molecular weight excluding hydrogens is 655 g/mol. The molecule has 1 amide bonds. The van der Waals surface area contributed by atoms with E-state index in [4.69, 9.17) is 16.3 Å². The highest BCUT2D eigenvalue weighted by Crippen LogP contribution is 2.40. The lowest BCUT2D eigenvalue weighted by Crippen LogP contribution is -2.29. The molecule has 0 aliphatic rings. The molecule has 1 N–H and O–H groups in total. The van der Waals surface area contributed by atoms with Gasteiger partial charge >= 0.3 is 0 Å². The Labute approximate surface area is 262 Å². The number of amides is 1. The number of aromatic nitrogens is 3. The molecule has 0 unspecified atom stereocenters. The molecule has 5 aromatic rings. The second kappa shape index (κ2) is 12.1. The summed E-state index contributed by atoms with van der Waals surface area (Å²) >= 11 is 7.49. The Kier molecular flexibility index (Phi) is 8.58. The van der Waals surface area contributed by atoms with Gasteiger partial charge in [-0.1, -0.05) is 11.6 Å². The Balaban J connectivity index is 1.52. The summed E-state index contributed by atoms with van der Waals surface area (Å²) in [7, 11) is -3.82. The second-order valence-corrected chi connectivity index (χ2v) is 13.0. The maximum atomic E-state index is 14.6. The zero-order valence-corrected chi connectivity index (χ0v) is 26.0. The van der Waals surface area contributed by atoms with Gasteiger partial charge in [-0.2, -0.15) is 5.26 Å². The predicted molar refractivity (Wildman–Crippen MR) is 163 cm³/mol.